The van der Waals surface area contributed by atoms with Crippen molar-refractivity contribution in [2.75, 3.05) is 11.6 Å². The van der Waals surface area contributed by atoms with E-state index < -0.39 is 0 Å². The number of anilines is 1. The first-order chi connectivity index (χ1) is 6.80. The highest BCUT2D eigenvalue weighted by Gasteiger charge is 2.00. The molecule has 0 heterocycles. The number of rotatable bonds is 4. The van der Waals surface area contributed by atoms with Gasteiger partial charge in [0.2, 0.25) is 0 Å². The highest BCUT2D eigenvalue weighted by atomic mass is 32.2. The van der Waals surface area contributed by atoms with Gasteiger partial charge in [0, 0.05) is 10.6 Å². The minimum Gasteiger partial charge on any atom is -0.372 e. The second-order valence-corrected chi connectivity index (χ2v) is 3.88. The van der Waals surface area contributed by atoms with E-state index in [-0.39, 0.29) is 6.04 Å². The lowest BCUT2D eigenvalue weighted by atomic mass is 10.2. The number of hydrogen-bond acceptors (Lipinski definition) is 2. The summed E-state index contributed by atoms with van der Waals surface area (Å²) in [6.45, 7) is 2.08. The van der Waals surface area contributed by atoms with Crippen LogP contribution in [0.15, 0.2) is 29.2 Å². The summed E-state index contributed by atoms with van der Waals surface area (Å²) in [6.07, 6.45) is 8.38. The third-order valence-corrected chi connectivity index (χ3v) is 2.78. The Morgan fingerprint density at radius 2 is 2.07 bits per heavy atom. The molecule has 0 aliphatic carbocycles. The number of terminal acetylenes is 1. The molecule has 0 aliphatic rings. The van der Waals surface area contributed by atoms with E-state index in [4.69, 9.17) is 6.42 Å². The summed E-state index contributed by atoms with van der Waals surface area (Å²) in [6, 6.07) is 8.44. The highest BCUT2D eigenvalue weighted by molar-refractivity contribution is 7.98. The van der Waals surface area contributed by atoms with Gasteiger partial charge in [0.15, 0.2) is 0 Å². The van der Waals surface area contributed by atoms with Crippen LogP contribution in [0.3, 0.4) is 0 Å². The van der Waals surface area contributed by atoms with E-state index in [1.165, 1.54) is 4.90 Å². The molecule has 0 aliphatic heterocycles. The summed E-state index contributed by atoms with van der Waals surface area (Å²) in [4.78, 5) is 1.27. The van der Waals surface area contributed by atoms with Gasteiger partial charge in [0.1, 0.15) is 0 Å². The summed E-state index contributed by atoms with van der Waals surface area (Å²) < 4.78 is 0. The molecule has 0 fully saturated rings. The first kappa shape index (κ1) is 11.0. The van der Waals surface area contributed by atoms with Crippen LogP contribution < -0.4 is 5.32 Å². The molecule has 2 heteroatoms. The molecule has 1 nitrogen and oxygen atoms in total. The topological polar surface area (TPSA) is 12.0 Å². The zero-order chi connectivity index (χ0) is 10.4. The van der Waals surface area contributed by atoms with Gasteiger partial charge in [-0.15, -0.1) is 18.2 Å². The van der Waals surface area contributed by atoms with Crippen LogP contribution in [0, 0.1) is 12.3 Å². The fourth-order valence-electron chi connectivity index (χ4n) is 1.15. The Kier molecular flexibility index (Phi) is 4.42. The number of benzene rings is 1. The Bertz CT molecular complexity index is 310. The van der Waals surface area contributed by atoms with E-state index in [9.17, 15) is 0 Å². The van der Waals surface area contributed by atoms with Gasteiger partial charge in [-0.25, -0.2) is 0 Å². The molecule has 1 aromatic carbocycles. The van der Waals surface area contributed by atoms with Crippen LogP contribution in [-0.2, 0) is 0 Å². The van der Waals surface area contributed by atoms with Crippen LogP contribution in [0.25, 0.3) is 0 Å². The Morgan fingerprint density at radius 1 is 1.43 bits per heavy atom. The van der Waals surface area contributed by atoms with Crippen LogP contribution in [0.4, 0.5) is 5.69 Å². The van der Waals surface area contributed by atoms with Gasteiger partial charge in [-0.05, 0) is 36.9 Å². The van der Waals surface area contributed by atoms with Crippen LogP contribution >= 0.6 is 11.8 Å². The monoisotopic (exact) mass is 205 g/mol. The largest absolute Gasteiger partial charge is 0.372 e. The molecule has 74 valence electrons. The molecule has 1 rings (SSSR count). The molecule has 0 saturated carbocycles. The zero-order valence-corrected chi connectivity index (χ0v) is 9.40. The van der Waals surface area contributed by atoms with E-state index >= 15 is 0 Å². The minimum absolute atomic E-state index is 0.134. The lowest BCUT2D eigenvalue weighted by Gasteiger charge is -2.12. The standard InChI is InChI=1S/C12H15NS/c1-4-10(5-2)13-11-6-8-12(14-3)9-7-11/h1,6-10,13H,5H2,2-3H3. The van der Waals surface area contributed by atoms with E-state index in [0.29, 0.717) is 0 Å². The number of hydrogen-bond donors (Lipinski definition) is 1. The minimum atomic E-state index is 0.134. The average molecular weight is 205 g/mol. The molecule has 1 aromatic rings. The second kappa shape index (κ2) is 5.62. The molecule has 0 amide bonds. The molecule has 1 atom stereocenters. The molecule has 0 aromatic heterocycles. The van der Waals surface area contributed by atoms with Crippen LogP contribution in [0.5, 0.6) is 0 Å². The van der Waals surface area contributed by atoms with Crippen molar-refractivity contribution < 1.29 is 0 Å². The van der Waals surface area contributed by atoms with Gasteiger partial charge in [0.25, 0.3) is 0 Å². The fraction of sp³-hybridized carbons (Fsp3) is 0.333. The summed E-state index contributed by atoms with van der Waals surface area (Å²) in [7, 11) is 0. The predicted molar refractivity (Wildman–Crippen MR) is 64.8 cm³/mol. The molecule has 0 saturated heterocycles. The van der Waals surface area contributed by atoms with Crippen LogP contribution in [-0.4, -0.2) is 12.3 Å². The van der Waals surface area contributed by atoms with Crippen molar-refractivity contribution in [2.45, 2.75) is 24.3 Å². The van der Waals surface area contributed by atoms with Crippen molar-refractivity contribution in [1.82, 2.24) is 0 Å². The Labute approximate surface area is 90.3 Å². The smallest absolute Gasteiger partial charge is 0.0871 e. The molecule has 0 bridgehead atoms. The summed E-state index contributed by atoms with van der Waals surface area (Å²) in [5, 5.41) is 3.28. The van der Waals surface area contributed by atoms with Crippen LogP contribution in [0.2, 0.25) is 0 Å². The van der Waals surface area contributed by atoms with Crippen molar-refractivity contribution in [3.8, 4) is 12.3 Å². The average Bonchev–Trinajstić information content (AvgIpc) is 2.26. The van der Waals surface area contributed by atoms with Crippen molar-refractivity contribution >= 4 is 17.4 Å². The summed E-state index contributed by atoms with van der Waals surface area (Å²) in [5.41, 5.74) is 1.09. The maximum absolute atomic E-state index is 5.37. The van der Waals surface area contributed by atoms with Gasteiger partial charge in [-0.3, -0.25) is 0 Å². The van der Waals surface area contributed by atoms with Crippen molar-refractivity contribution in [3.05, 3.63) is 24.3 Å². The molecule has 1 N–H and O–H groups in total. The predicted octanol–water partition coefficient (Wildman–Crippen LogP) is 3.23. The lowest BCUT2D eigenvalue weighted by Crippen LogP contribution is -2.15. The van der Waals surface area contributed by atoms with Crippen molar-refractivity contribution in [1.29, 1.82) is 0 Å². The molecule has 14 heavy (non-hydrogen) atoms. The zero-order valence-electron chi connectivity index (χ0n) is 8.58. The molecular formula is C12H15NS. The Balaban J connectivity index is 2.64. The van der Waals surface area contributed by atoms with Crippen molar-refractivity contribution in [3.63, 3.8) is 0 Å². The molecule has 1 unspecified atom stereocenters. The maximum Gasteiger partial charge on any atom is 0.0871 e. The third kappa shape index (κ3) is 3.01. The van der Waals surface area contributed by atoms with Gasteiger partial charge >= 0.3 is 0 Å². The van der Waals surface area contributed by atoms with E-state index in [1.54, 1.807) is 11.8 Å². The van der Waals surface area contributed by atoms with Crippen LogP contribution in [0.1, 0.15) is 13.3 Å². The Morgan fingerprint density at radius 3 is 2.50 bits per heavy atom. The van der Waals surface area contributed by atoms with E-state index in [2.05, 4.69) is 48.7 Å². The normalized spacial score (nSPS) is 11.8. The highest BCUT2D eigenvalue weighted by Crippen LogP contribution is 2.18. The summed E-state index contributed by atoms with van der Waals surface area (Å²) >= 11 is 1.74. The number of thioether (sulfide) groups is 1. The first-order valence-electron chi connectivity index (χ1n) is 4.67. The third-order valence-electron chi connectivity index (χ3n) is 2.04. The number of nitrogens with one attached hydrogen (secondary N) is 1. The maximum atomic E-state index is 5.37. The molecule has 0 radical (unpaired) electrons. The van der Waals surface area contributed by atoms with Gasteiger partial charge < -0.3 is 5.32 Å². The van der Waals surface area contributed by atoms with Gasteiger partial charge in [0.05, 0.1) is 6.04 Å². The van der Waals surface area contributed by atoms with Gasteiger partial charge in [-0.1, -0.05) is 12.8 Å². The lowest BCUT2D eigenvalue weighted by molar-refractivity contribution is 0.857. The first-order valence-corrected chi connectivity index (χ1v) is 5.89. The summed E-state index contributed by atoms with van der Waals surface area (Å²) in [5.74, 6) is 2.71. The van der Waals surface area contributed by atoms with E-state index in [1.807, 2.05) is 0 Å². The van der Waals surface area contributed by atoms with Gasteiger partial charge in [-0.2, -0.15) is 0 Å². The fourth-order valence-corrected chi connectivity index (χ4v) is 1.56. The quantitative estimate of drug-likeness (QED) is 0.598. The SMILES string of the molecule is C#CC(CC)Nc1ccc(SC)cc1. The Hall–Kier alpha value is -1.07. The molecule has 0 spiro atoms. The second-order valence-electron chi connectivity index (χ2n) is 3.00. The molecular weight excluding hydrogens is 190 g/mol. The van der Waals surface area contributed by atoms with E-state index in [0.717, 1.165) is 12.1 Å². The van der Waals surface area contributed by atoms with Crippen molar-refractivity contribution in [2.24, 2.45) is 0 Å².